The average Bonchev–Trinajstić information content (AvgIpc) is 3.01. The van der Waals surface area contributed by atoms with Gasteiger partial charge >= 0.3 is 0 Å². The van der Waals surface area contributed by atoms with Gasteiger partial charge in [-0.3, -0.25) is 14.9 Å². The number of halogens is 1. The zero-order valence-electron chi connectivity index (χ0n) is 13.7. The molecular formula is C16H13ClN6O3S. The van der Waals surface area contributed by atoms with Crippen LogP contribution >= 0.6 is 23.4 Å². The molecule has 0 radical (unpaired) electrons. The number of nitro groups is 1. The Hall–Kier alpha value is -3.11. The summed E-state index contributed by atoms with van der Waals surface area (Å²) in [5, 5.41) is 22.3. The largest absolute Gasteiger partial charge is 0.335 e. The third-order valence-corrected chi connectivity index (χ3v) is 4.76. The fraction of sp³-hybridized carbons (Fsp3) is 0.0625. The van der Waals surface area contributed by atoms with Crippen molar-refractivity contribution in [2.45, 2.75) is 5.16 Å². The Morgan fingerprint density at radius 1 is 1.22 bits per heavy atom. The van der Waals surface area contributed by atoms with Gasteiger partial charge in [-0.2, -0.15) is 0 Å². The number of anilines is 1. The van der Waals surface area contributed by atoms with Crippen LogP contribution in [0.5, 0.6) is 0 Å². The van der Waals surface area contributed by atoms with Crippen molar-refractivity contribution in [1.82, 2.24) is 14.9 Å². The highest BCUT2D eigenvalue weighted by molar-refractivity contribution is 7.99. The quantitative estimate of drug-likeness (QED) is 0.279. The maximum Gasteiger partial charge on any atom is 0.292 e. The van der Waals surface area contributed by atoms with Gasteiger partial charge in [0, 0.05) is 11.6 Å². The SMILES string of the molecule is Nn1c(SCC(=O)Nc2ccccc2[N+](=O)[O-])nnc1-c1ccccc1Cl. The van der Waals surface area contributed by atoms with Gasteiger partial charge in [0.1, 0.15) is 5.69 Å². The first-order chi connectivity index (χ1) is 13.0. The lowest BCUT2D eigenvalue weighted by Gasteiger charge is -2.06. The van der Waals surface area contributed by atoms with E-state index in [0.717, 1.165) is 11.8 Å². The molecule has 3 rings (SSSR count). The molecule has 3 N–H and O–H groups in total. The van der Waals surface area contributed by atoms with E-state index in [1.54, 1.807) is 30.3 Å². The summed E-state index contributed by atoms with van der Waals surface area (Å²) in [6.45, 7) is 0. The summed E-state index contributed by atoms with van der Waals surface area (Å²) in [4.78, 5) is 22.6. The Morgan fingerprint density at radius 2 is 1.93 bits per heavy atom. The van der Waals surface area contributed by atoms with E-state index in [4.69, 9.17) is 17.4 Å². The molecule has 3 aromatic rings. The van der Waals surface area contributed by atoms with Gasteiger partial charge < -0.3 is 11.2 Å². The lowest BCUT2D eigenvalue weighted by molar-refractivity contribution is -0.383. The van der Waals surface area contributed by atoms with Crippen LogP contribution in [0.15, 0.2) is 53.7 Å². The smallest absolute Gasteiger partial charge is 0.292 e. The molecule has 11 heteroatoms. The van der Waals surface area contributed by atoms with Crippen molar-refractivity contribution in [1.29, 1.82) is 0 Å². The summed E-state index contributed by atoms with van der Waals surface area (Å²) < 4.78 is 1.24. The topological polar surface area (TPSA) is 129 Å². The lowest BCUT2D eigenvalue weighted by Crippen LogP contribution is -2.17. The first-order valence-corrected chi connectivity index (χ1v) is 8.95. The van der Waals surface area contributed by atoms with Crippen molar-refractivity contribution < 1.29 is 9.72 Å². The molecule has 1 amide bonds. The number of carbonyl (C=O) groups excluding carboxylic acids is 1. The van der Waals surface area contributed by atoms with Crippen LogP contribution in [0.3, 0.4) is 0 Å². The van der Waals surface area contributed by atoms with E-state index < -0.39 is 10.8 Å². The third kappa shape index (κ3) is 4.18. The van der Waals surface area contributed by atoms with Gasteiger partial charge in [-0.25, -0.2) is 4.68 Å². The van der Waals surface area contributed by atoms with E-state index in [-0.39, 0.29) is 17.1 Å². The molecule has 0 aliphatic carbocycles. The second-order valence-corrected chi connectivity index (χ2v) is 6.62. The van der Waals surface area contributed by atoms with Gasteiger partial charge in [0.25, 0.3) is 5.69 Å². The number of aromatic nitrogens is 3. The van der Waals surface area contributed by atoms with Gasteiger partial charge in [0.2, 0.25) is 11.1 Å². The summed E-state index contributed by atoms with van der Waals surface area (Å²) in [6.07, 6.45) is 0. The fourth-order valence-electron chi connectivity index (χ4n) is 2.26. The highest BCUT2D eigenvalue weighted by Crippen LogP contribution is 2.28. The van der Waals surface area contributed by atoms with Crippen molar-refractivity contribution in [3.63, 3.8) is 0 Å². The number of rotatable bonds is 6. The predicted octanol–water partition coefficient (Wildman–Crippen LogP) is 2.95. The Kier molecular flexibility index (Phi) is 5.57. The van der Waals surface area contributed by atoms with Crippen molar-refractivity contribution in [3.8, 4) is 11.4 Å². The number of thioether (sulfide) groups is 1. The molecule has 0 atom stereocenters. The van der Waals surface area contributed by atoms with Gasteiger partial charge in [0.05, 0.1) is 15.7 Å². The van der Waals surface area contributed by atoms with Crippen LogP contribution in [-0.4, -0.2) is 31.5 Å². The number of nitro benzene ring substituents is 1. The number of hydrogen-bond donors (Lipinski definition) is 2. The van der Waals surface area contributed by atoms with Crippen LogP contribution < -0.4 is 11.2 Å². The van der Waals surface area contributed by atoms with Crippen LogP contribution in [-0.2, 0) is 4.79 Å². The predicted molar refractivity (Wildman–Crippen MR) is 103 cm³/mol. The highest BCUT2D eigenvalue weighted by atomic mass is 35.5. The number of nitrogen functional groups attached to an aromatic ring is 1. The number of amides is 1. The van der Waals surface area contributed by atoms with E-state index in [2.05, 4.69) is 15.5 Å². The summed E-state index contributed by atoms with van der Waals surface area (Å²) >= 11 is 7.18. The van der Waals surface area contributed by atoms with Crippen molar-refractivity contribution in [3.05, 3.63) is 63.7 Å². The van der Waals surface area contributed by atoms with Crippen molar-refractivity contribution in [2.24, 2.45) is 0 Å². The molecule has 0 aliphatic heterocycles. The maximum absolute atomic E-state index is 12.1. The molecule has 0 saturated heterocycles. The molecule has 0 saturated carbocycles. The summed E-state index contributed by atoms with van der Waals surface area (Å²) in [5.74, 6) is 5.88. The normalized spacial score (nSPS) is 10.6. The Bertz CT molecular complexity index is 1010. The molecule has 2 aromatic carbocycles. The summed E-state index contributed by atoms with van der Waals surface area (Å²) in [5.41, 5.74) is 0.559. The van der Waals surface area contributed by atoms with Crippen LogP contribution in [0.25, 0.3) is 11.4 Å². The van der Waals surface area contributed by atoms with E-state index in [1.807, 2.05) is 0 Å². The molecule has 1 heterocycles. The molecule has 0 fully saturated rings. The molecule has 0 unspecified atom stereocenters. The van der Waals surface area contributed by atoms with Crippen molar-refractivity contribution >= 4 is 40.6 Å². The van der Waals surface area contributed by atoms with E-state index in [0.29, 0.717) is 21.6 Å². The standard InChI is InChI=1S/C16H13ClN6O3S/c17-11-6-2-1-5-10(11)15-20-21-16(22(15)18)27-9-14(24)19-12-7-3-4-8-13(12)23(25)26/h1-8H,9,18H2,(H,19,24). The number of para-hydroxylation sites is 2. The number of nitrogens with two attached hydrogens (primary N) is 1. The Labute approximate surface area is 162 Å². The first-order valence-electron chi connectivity index (χ1n) is 7.59. The molecule has 9 nitrogen and oxygen atoms in total. The Balaban J connectivity index is 1.69. The Morgan fingerprint density at radius 3 is 2.67 bits per heavy atom. The first kappa shape index (κ1) is 18.7. The number of nitrogens with zero attached hydrogens (tertiary/aromatic N) is 4. The monoisotopic (exact) mass is 404 g/mol. The minimum Gasteiger partial charge on any atom is -0.335 e. The third-order valence-electron chi connectivity index (χ3n) is 3.49. The number of benzene rings is 2. The molecule has 0 bridgehead atoms. The van der Waals surface area contributed by atoms with Crippen LogP contribution in [0.4, 0.5) is 11.4 Å². The van der Waals surface area contributed by atoms with E-state index in [9.17, 15) is 14.9 Å². The maximum atomic E-state index is 12.1. The van der Waals surface area contributed by atoms with Gasteiger partial charge in [-0.05, 0) is 18.2 Å². The molecular weight excluding hydrogens is 392 g/mol. The van der Waals surface area contributed by atoms with Crippen LogP contribution in [0.2, 0.25) is 5.02 Å². The highest BCUT2D eigenvalue weighted by Gasteiger charge is 2.18. The van der Waals surface area contributed by atoms with Gasteiger partial charge in [0.15, 0.2) is 5.82 Å². The van der Waals surface area contributed by atoms with Gasteiger partial charge in [-0.1, -0.05) is 47.6 Å². The van der Waals surface area contributed by atoms with Crippen LogP contribution in [0, 0.1) is 10.1 Å². The summed E-state index contributed by atoms with van der Waals surface area (Å²) in [6, 6.07) is 12.9. The lowest BCUT2D eigenvalue weighted by atomic mass is 10.2. The fourth-order valence-corrected chi connectivity index (χ4v) is 3.13. The van der Waals surface area contributed by atoms with Crippen molar-refractivity contribution in [2.75, 3.05) is 16.9 Å². The zero-order chi connectivity index (χ0) is 19.4. The zero-order valence-corrected chi connectivity index (χ0v) is 15.3. The average molecular weight is 405 g/mol. The second-order valence-electron chi connectivity index (χ2n) is 5.27. The minimum absolute atomic E-state index is 0.0517. The van der Waals surface area contributed by atoms with Crippen LogP contribution in [0.1, 0.15) is 0 Å². The molecule has 27 heavy (non-hydrogen) atoms. The molecule has 138 valence electrons. The molecule has 0 spiro atoms. The minimum atomic E-state index is -0.560. The molecule has 1 aromatic heterocycles. The summed E-state index contributed by atoms with van der Waals surface area (Å²) in [7, 11) is 0. The van der Waals surface area contributed by atoms with E-state index in [1.165, 1.54) is 22.9 Å². The number of carbonyl (C=O) groups is 1. The van der Waals surface area contributed by atoms with Gasteiger partial charge in [-0.15, -0.1) is 10.2 Å². The number of nitrogens with one attached hydrogen (secondary N) is 1. The van der Waals surface area contributed by atoms with E-state index >= 15 is 0 Å². The second kappa shape index (κ2) is 8.06. The number of hydrogen-bond acceptors (Lipinski definition) is 7. The molecule has 0 aliphatic rings.